The van der Waals surface area contributed by atoms with Crippen molar-refractivity contribution in [1.29, 1.82) is 0 Å². The van der Waals surface area contributed by atoms with Crippen LogP contribution in [0.2, 0.25) is 0 Å². The number of carbonyl (C=O) groups is 1. The number of nitrogens with zero attached hydrogens (tertiary/aromatic N) is 3. The van der Waals surface area contributed by atoms with Gasteiger partial charge in [-0.15, -0.1) is 0 Å². The van der Waals surface area contributed by atoms with Gasteiger partial charge in [-0.2, -0.15) is 4.31 Å². The van der Waals surface area contributed by atoms with Crippen LogP contribution in [-0.2, 0) is 10.0 Å². The van der Waals surface area contributed by atoms with Crippen LogP contribution in [0.1, 0.15) is 32.9 Å². The van der Waals surface area contributed by atoms with E-state index in [2.05, 4.69) is 5.16 Å². The Morgan fingerprint density at radius 1 is 1.08 bits per heavy atom. The first kappa shape index (κ1) is 18.6. The molecule has 0 N–H and O–H groups in total. The minimum Gasteiger partial charge on any atom is -0.360 e. The van der Waals surface area contributed by atoms with Crippen molar-refractivity contribution in [2.45, 2.75) is 32.6 Å². The van der Waals surface area contributed by atoms with Crippen LogP contribution < -0.4 is 0 Å². The molecular formula is C18H23N3O4S. The van der Waals surface area contributed by atoms with Crippen LogP contribution in [0.5, 0.6) is 0 Å². The third-order valence-corrected chi connectivity index (χ3v) is 6.85. The van der Waals surface area contributed by atoms with Gasteiger partial charge in [0.15, 0.2) is 5.76 Å². The first-order valence-corrected chi connectivity index (χ1v) is 9.95. The summed E-state index contributed by atoms with van der Waals surface area (Å²) >= 11 is 0. The lowest BCUT2D eigenvalue weighted by molar-refractivity contribution is 0.0697. The Bertz CT molecular complexity index is 922. The molecule has 1 aliphatic heterocycles. The van der Waals surface area contributed by atoms with Gasteiger partial charge in [0.25, 0.3) is 5.91 Å². The highest BCUT2D eigenvalue weighted by molar-refractivity contribution is 7.89. The topological polar surface area (TPSA) is 83.7 Å². The van der Waals surface area contributed by atoms with Crippen LogP contribution in [-0.4, -0.2) is 54.9 Å². The number of piperazine rings is 1. The Balaban J connectivity index is 1.74. The van der Waals surface area contributed by atoms with Gasteiger partial charge in [-0.3, -0.25) is 4.79 Å². The fourth-order valence-electron chi connectivity index (χ4n) is 3.33. The summed E-state index contributed by atoms with van der Waals surface area (Å²) in [6.07, 6.45) is 0. The molecule has 1 fully saturated rings. The number of carbonyl (C=O) groups excluding carboxylic acids is 1. The number of aromatic nitrogens is 1. The van der Waals surface area contributed by atoms with Crippen LogP contribution in [0.15, 0.2) is 27.6 Å². The average Bonchev–Trinajstić information content (AvgIpc) is 2.93. The van der Waals surface area contributed by atoms with Gasteiger partial charge in [-0.1, -0.05) is 22.9 Å². The molecule has 2 aromatic rings. The van der Waals surface area contributed by atoms with E-state index in [0.717, 1.165) is 11.1 Å². The lowest BCUT2D eigenvalue weighted by atomic mass is 10.0. The van der Waals surface area contributed by atoms with E-state index in [0.29, 0.717) is 24.3 Å². The van der Waals surface area contributed by atoms with Gasteiger partial charge in [0.05, 0.1) is 0 Å². The van der Waals surface area contributed by atoms with Crippen LogP contribution in [0, 0.1) is 27.7 Å². The summed E-state index contributed by atoms with van der Waals surface area (Å²) in [4.78, 5) is 14.6. The van der Waals surface area contributed by atoms with Gasteiger partial charge in [0.1, 0.15) is 10.6 Å². The van der Waals surface area contributed by atoms with Crippen LogP contribution >= 0.6 is 0 Å². The second kappa shape index (κ2) is 6.85. The lowest BCUT2D eigenvalue weighted by Gasteiger charge is -2.34. The first-order valence-electron chi connectivity index (χ1n) is 8.51. The number of sulfonamides is 1. The van der Waals surface area contributed by atoms with Gasteiger partial charge in [-0.25, -0.2) is 8.42 Å². The number of rotatable bonds is 3. The molecule has 1 aromatic carbocycles. The Morgan fingerprint density at radius 3 is 2.27 bits per heavy atom. The molecule has 0 unspecified atom stereocenters. The molecular weight excluding hydrogens is 354 g/mol. The van der Waals surface area contributed by atoms with Gasteiger partial charge < -0.3 is 9.42 Å². The molecule has 2 heterocycles. The van der Waals surface area contributed by atoms with E-state index in [9.17, 15) is 13.2 Å². The van der Waals surface area contributed by atoms with Crippen molar-refractivity contribution in [3.63, 3.8) is 0 Å². The highest BCUT2D eigenvalue weighted by Crippen LogP contribution is 2.24. The van der Waals surface area contributed by atoms with E-state index in [4.69, 9.17) is 4.52 Å². The van der Waals surface area contributed by atoms with Gasteiger partial charge in [-0.05, 0) is 39.3 Å². The highest BCUT2D eigenvalue weighted by atomic mass is 32.2. The zero-order valence-corrected chi connectivity index (χ0v) is 16.3. The Morgan fingerprint density at radius 2 is 1.73 bits per heavy atom. The highest BCUT2D eigenvalue weighted by Gasteiger charge is 2.34. The molecule has 0 bridgehead atoms. The molecule has 0 radical (unpaired) electrons. The van der Waals surface area contributed by atoms with Crippen molar-refractivity contribution < 1.29 is 17.7 Å². The predicted octanol–water partition coefficient (Wildman–Crippen LogP) is 2.05. The number of amides is 1. The Labute approximate surface area is 153 Å². The monoisotopic (exact) mass is 377 g/mol. The zero-order valence-electron chi connectivity index (χ0n) is 15.4. The molecule has 0 atom stereocenters. The maximum absolute atomic E-state index is 12.9. The number of benzene rings is 1. The number of hydrogen-bond donors (Lipinski definition) is 0. The van der Waals surface area contributed by atoms with Gasteiger partial charge in [0, 0.05) is 31.7 Å². The maximum atomic E-state index is 12.9. The van der Waals surface area contributed by atoms with E-state index in [1.807, 2.05) is 32.0 Å². The van der Waals surface area contributed by atoms with Crippen molar-refractivity contribution in [2.75, 3.05) is 26.2 Å². The molecule has 1 aromatic heterocycles. The first-order chi connectivity index (χ1) is 12.2. The normalized spacial score (nSPS) is 16.1. The lowest BCUT2D eigenvalue weighted by Crippen LogP contribution is -2.50. The van der Waals surface area contributed by atoms with E-state index in [1.54, 1.807) is 18.7 Å². The van der Waals surface area contributed by atoms with Crippen molar-refractivity contribution in [3.05, 3.63) is 46.3 Å². The van der Waals surface area contributed by atoms with Gasteiger partial charge in [0.2, 0.25) is 10.0 Å². The maximum Gasteiger partial charge on any atom is 0.254 e. The predicted molar refractivity (Wildman–Crippen MR) is 96.6 cm³/mol. The van der Waals surface area contributed by atoms with E-state index in [1.165, 1.54) is 4.31 Å². The summed E-state index contributed by atoms with van der Waals surface area (Å²) in [5, 5.41) is 3.73. The average molecular weight is 377 g/mol. The van der Waals surface area contributed by atoms with E-state index >= 15 is 0 Å². The second-order valence-corrected chi connectivity index (χ2v) is 8.54. The summed E-state index contributed by atoms with van der Waals surface area (Å²) in [6, 6.07) is 5.73. The minimum atomic E-state index is -3.67. The zero-order chi connectivity index (χ0) is 19.1. The van der Waals surface area contributed by atoms with Crippen LogP contribution in [0.3, 0.4) is 0 Å². The number of hydrogen-bond acceptors (Lipinski definition) is 5. The smallest absolute Gasteiger partial charge is 0.254 e. The van der Waals surface area contributed by atoms with Crippen molar-refractivity contribution >= 4 is 15.9 Å². The molecule has 0 spiro atoms. The fourth-order valence-corrected chi connectivity index (χ4v) is 5.04. The van der Waals surface area contributed by atoms with Crippen molar-refractivity contribution in [2.24, 2.45) is 0 Å². The van der Waals surface area contributed by atoms with E-state index < -0.39 is 10.0 Å². The molecule has 8 heteroatoms. The molecule has 1 saturated heterocycles. The van der Waals surface area contributed by atoms with Crippen molar-refractivity contribution in [3.8, 4) is 0 Å². The second-order valence-electron chi connectivity index (χ2n) is 6.67. The third kappa shape index (κ3) is 3.26. The summed E-state index contributed by atoms with van der Waals surface area (Å²) in [5.41, 5.74) is 3.06. The quantitative estimate of drug-likeness (QED) is 0.817. The largest absolute Gasteiger partial charge is 0.360 e. The molecule has 7 nitrogen and oxygen atoms in total. The molecule has 0 aliphatic carbocycles. The molecule has 3 rings (SSSR count). The summed E-state index contributed by atoms with van der Waals surface area (Å²) in [6.45, 7) is 8.32. The summed E-state index contributed by atoms with van der Waals surface area (Å²) < 4.78 is 32.1. The SMILES string of the molecule is Cc1ccc(C(=O)N2CCN(S(=O)(=O)c3c(C)noc3C)CC2)c(C)c1. The van der Waals surface area contributed by atoms with E-state index in [-0.39, 0.29) is 29.7 Å². The minimum absolute atomic E-state index is 0.0584. The fraction of sp³-hybridized carbons (Fsp3) is 0.444. The Hall–Kier alpha value is -2.19. The van der Waals surface area contributed by atoms with Gasteiger partial charge >= 0.3 is 0 Å². The van der Waals surface area contributed by atoms with Crippen LogP contribution in [0.25, 0.3) is 0 Å². The van der Waals surface area contributed by atoms with Crippen LogP contribution in [0.4, 0.5) is 0 Å². The third-order valence-electron chi connectivity index (χ3n) is 4.70. The molecule has 1 aliphatic rings. The molecule has 0 saturated carbocycles. The van der Waals surface area contributed by atoms with Crippen molar-refractivity contribution in [1.82, 2.24) is 14.4 Å². The molecule has 140 valence electrons. The molecule has 1 amide bonds. The molecule has 26 heavy (non-hydrogen) atoms. The summed E-state index contributed by atoms with van der Waals surface area (Å²) in [5.74, 6) is 0.230. The Kier molecular flexibility index (Phi) is 4.90. The summed E-state index contributed by atoms with van der Waals surface area (Å²) in [7, 11) is -3.67. The number of aryl methyl sites for hydroxylation is 4. The standard InChI is InChI=1S/C18H23N3O4S/c1-12-5-6-16(13(2)11-12)18(22)20-7-9-21(10-8-20)26(23,24)17-14(3)19-25-15(17)4/h5-6,11H,7-10H2,1-4H3.